The van der Waals surface area contributed by atoms with Crippen LogP contribution in [0, 0.1) is 0 Å². The number of hydrogen-bond donors (Lipinski definition) is 3. The molecule has 0 aliphatic heterocycles. The summed E-state index contributed by atoms with van der Waals surface area (Å²) in [5, 5.41) is 8.61. The third-order valence-electron chi connectivity index (χ3n) is 4.69. The summed E-state index contributed by atoms with van der Waals surface area (Å²) in [6, 6.07) is 12.0. The first-order valence-electron chi connectivity index (χ1n) is 9.93. The number of rotatable bonds is 5. The van der Waals surface area contributed by atoms with Crippen molar-refractivity contribution in [2.45, 2.75) is 46.1 Å². The highest BCUT2D eigenvalue weighted by Gasteiger charge is 2.19. The van der Waals surface area contributed by atoms with E-state index in [4.69, 9.17) is 0 Å². The van der Waals surface area contributed by atoms with Crippen molar-refractivity contribution in [2.75, 3.05) is 10.6 Å². The summed E-state index contributed by atoms with van der Waals surface area (Å²) in [4.78, 5) is 40.6. The molecule has 3 N–H and O–H groups in total. The SMILES string of the molecule is CC(=O)Nc1ccc2nc(NC(=O)C(C)NC(=O)c3ccc(C(C)(C)C)cc3)sc2c1. The lowest BCUT2D eigenvalue weighted by molar-refractivity contribution is -0.117. The highest BCUT2D eigenvalue weighted by atomic mass is 32.1. The second-order valence-electron chi connectivity index (χ2n) is 8.39. The zero-order valence-corrected chi connectivity index (χ0v) is 19.0. The van der Waals surface area contributed by atoms with Gasteiger partial charge in [-0.05, 0) is 48.2 Å². The fourth-order valence-corrected chi connectivity index (χ4v) is 3.85. The van der Waals surface area contributed by atoms with E-state index in [1.54, 1.807) is 37.3 Å². The average molecular weight is 439 g/mol. The van der Waals surface area contributed by atoms with Crippen molar-refractivity contribution in [3.8, 4) is 0 Å². The standard InChI is InChI=1S/C23H26N4O3S/c1-13(24-21(30)15-6-8-16(9-7-15)23(3,4)5)20(29)27-22-26-18-11-10-17(25-14(2)28)12-19(18)31-22/h6-13H,1-5H3,(H,24,30)(H,25,28)(H,26,27,29). The molecule has 31 heavy (non-hydrogen) atoms. The van der Waals surface area contributed by atoms with Crippen LogP contribution in [0.3, 0.4) is 0 Å². The Labute approximate surface area is 185 Å². The number of nitrogens with one attached hydrogen (secondary N) is 3. The highest BCUT2D eigenvalue weighted by Crippen LogP contribution is 2.28. The second-order valence-corrected chi connectivity index (χ2v) is 9.43. The molecule has 1 heterocycles. The van der Waals surface area contributed by atoms with Crippen molar-refractivity contribution >= 4 is 50.1 Å². The molecule has 3 aromatic rings. The lowest BCUT2D eigenvalue weighted by Crippen LogP contribution is -2.41. The van der Waals surface area contributed by atoms with Crippen LogP contribution in [0.15, 0.2) is 42.5 Å². The monoisotopic (exact) mass is 438 g/mol. The van der Waals surface area contributed by atoms with E-state index in [0.29, 0.717) is 21.9 Å². The molecule has 3 rings (SSSR count). The summed E-state index contributed by atoms with van der Waals surface area (Å²) in [5.41, 5.74) is 3.01. The molecule has 0 radical (unpaired) electrons. The van der Waals surface area contributed by atoms with Crippen LogP contribution in [0.25, 0.3) is 10.2 Å². The Balaban J connectivity index is 1.63. The normalized spacial score (nSPS) is 12.3. The van der Waals surface area contributed by atoms with Crippen molar-refractivity contribution in [1.29, 1.82) is 0 Å². The number of carbonyl (C=O) groups is 3. The van der Waals surface area contributed by atoms with Gasteiger partial charge in [0.15, 0.2) is 5.13 Å². The van der Waals surface area contributed by atoms with Crippen LogP contribution in [0.2, 0.25) is 0 Å². The van der Waals surface area contributed by atoms with E-state index < -0.39 is 6.04 Å². The van der Waals surface area contributed by atoms with Gasteiger partial charge in [-0.2, -0.15) is 0 Å². The second kappa shape index (κ2) is 8.85. The molecule has 1 aromatic heterocycles. The van der Waals surface area contributed by atoms with Crippen LogP contribution < -0.4 is 16.0 Å². The number of anilines is 2. The molecular formula is C23H26N4O3S. The maximum Gasteiger partial charge on any atom is 0.251 e. The lowest BCUT2D eigenvalue weighted by Gasteiger charge is -2.19. The van der Waals surface area contributed by atoms with Gasteiger partial charge in [-0.1, -0.05) is 44.2 Å². The molecule has 3 amide bonds. The van der Waals surface area contributed by atoms with Gasteiger partial charge in [-0.25, -0.2) is 4.98 Å². The number of nitrogens with zero attached hydrogens (tertiary/aromatic N) is 1. The third-order valence-corrected chi connectivity index (χ3v) is 5.63. The molecule has 0 aliphatic carbocycles. The number of amides is 3. The van der Waals surface area contributed by atoms with Gasteiger partial charge in [-0.3, -0.25) is 14.4 Å². The summed E-state index contributed by atoms with van der Waals surface area (Å²) >= 11 is 1.30. The van der Waals surface area contributed by atoms with E-state index in [1.807, 2.05) is 12.1 Å². The van der Waals surface area contributed by atoms with E-state index in [1.165, 1.54) is 18.3 Å². The van der Waals surface area contributed by atoms with Gasteiger partial charge in [0.1, 0.15) is 6.04 Å². The smallest absolute Gasteiger partial charge is 0.251 e. The number of thiazole rings is 1. The maximum absolute atomic E-state index is 12.5. The Morgan fingerprint density at radius 3 is 2.29 bits per heavy atom. The van der Waals surface area contributed by atoms with Crippen molar-refractivity contribution in [1.82, 2.24) is 10.3 Å². The van der Waals surface area contributed by atoms with E-state index in [2.05, 4.69) is 41.7 Å². The Bertz CT molecular complexity index is 1130. The zero-order chi connectivity index (χ0) is 22.8. The number of hydrogen-bond acceptors (Lipinski definition) is 5. The van der Waals surface area contributed by atoms with Crippen molar-refractivity contribution in [2.24, 2.45) is 0 Å². The van der Waals surface area contributed by atoms with E-state index in [0.717, 1.165) is 10.3 Å². The summed E-state index contributed by atoms with van der Waals surface area (Å²) in [5.74, 6) is -0.830. The van der Waals surface area contributed by atoms with Gasteiger partial charge in [0, 0.05) is 18.2 Å². The van der Waals surface area contributed by atoms with Crippen LogP contribution in [0.5, 0.6) is 0 Å². The number of benzene rings is 2. The molecule has 0 saturated carbocycles. The van der Waals surface area contributed by atoms with Crippen molar-refractivity contribution in [3.63, 3.8) is 0 Å². The minimum absolute atomic E-state index is 0.00231. The Kier molecular flexibility index (Phi) is 6.40. The van der Waals surface area contributed by atoms with Gasteiger partial charge in [-0.15, -0.1) is 0 Å². The fourth-order valence-electron chi connectivity index (χ4n) is 2.94. The molecule has 0 aliphatic rings. The van der Waals surface area contributed by atoms with Gasteiger partial charge in [0.25, 0.3) is 5.91 Å². The molecule has 7 nitrogen and oxygen atoms in total. The quantitative estimate of drug-likeness (QED) is 0.553. The molecule has 0 bridgehead atoms. The molecule has 0 fully saturated rings. The summed E-state index contributed by atoms with van der Waals surface area (Å²) in [7, 11) is 0. The van der Waals surface area contributed by atoms with E-state index in [9.17, 15) is 14.4 Å². The first-order valence-corrected chi connectivity index (χ1v) is 10.7. The van der Waals surface area contributed by atoms with Gasteiger partial charge >= 0.3 is 0 Å². The van der Waals surface area contributed by atoms with Crippen LogP contribution in [-0.4, -0.2) is 28.7 Å². The van der Waals surface area contributed by atoms with Crippen LogP contribution in [0.1, 0.15) is 50.5 Å². The third kappa shape index (κ3) is 5.67. The summed E-state index contributed by atoms with van der Waals surface area (Å²) < 4.78 is 0.831. The molecule has 0 spiro atoms. The molecule has 162 valence electrons. The lowest BCUT2D eigenvalue weighted by atomic mass is 9.86. The Morgan fingerprint density at radius 2 is 1.68 bits per heavy atom. The number of aromatic nitrogens is 1. The van der Waals surface area contributed by atoms with Gasteiger partial charge in [0.2, 0.25) is 11.8 Å². The maximum atomic E-state index is 12.5. The van der Waals surface area contributed by atoms with Crippen LogP contribution in [-0.2, 0) is 15.0 Å². The van der Waals surface area contributed by atoms with Crippen molar-refractivity contribution in [3.05, 3.63) is 53.6 Å². The van der Waals surface area contributed by atoms with E-state index in [-0.39, 0.29) is 23.1 Å². The average Bonchev–Trinajstić information content (AvgIpc) is 3.08. The first kappa shape index (κ1) is 22.4. The minimum atomic E-state index is -0.739. The summed E-state index contributed by atoms with van der Waals surface area (Å²) in [6.45, 7) is 9.39. The fraction of sp³-hybridized carbons (Fsp3) is 0.304. The molecule has 8 heteroatoms. The van der Waals surface area contributed by atoms with E-state index >= 15 is 0 Å². The molecule has 1 atom stereocenters. The number of carbonyl (C=O) groups excluding carboxylic acids is 3. The van der Waals surface area contributed by atoms with Crippen molar-refractivity contribution < 1.29 is 14.4 Å². The molecular weight excluding hydrogens is 412 g/mol. The van der Waals surface area contributed by atoms with Crippen LogP contribution in [0.4, 0.5) is 10.8 Å². The first-order chi connectivity index (χ1) is 14.5. The predicted octanol–water partition coefficient (Wildman–Crippen LogP) is 4.31. The topological polar surface area (TPSA) is 100 Å². The Morgan fingerprint density at radius 1 is 1.00 bits per heavy atom. The largest absolute Gasteiger partial charge is 0.341 e. The zero-order valence-electron chi connectivity index (χ0n) is 18.2. The minimum Gasteiger partial charge on any atom is -0.341 e. The summed E-state index contributed by atoms with van der Waals surface area (Å²) in [6.07, 6.45) is 0. The molecule has 0 saturated heterocycles. The Hall–Kier alpha value is -3.26. The van der Waals surface area contributed by atoms with Gasteiger partial charge in [0.05, 0.1) is 10.2 Å². The van der Waals surface area contributed by atoms with Gasteiger partial charge < -0.3 is 16.0 Å². The molecule has 2 aromatic carbocycles. The highest BCUT2D eigenvalue weighted by molar-refractivity contribution is 7.22. The predicted molar refractivity (Wildman–Crippen MR) is 125 cm³/mol. The number of fused-ring (bicyclic) bond motifs is 1. The van der Waals surface area contributed by atoms with Crippen LogP contribution >= 0.6 is 11.3 Å². The molecule has 1 unspecified atom stereocenters.